The Hall–Kier alpha value is -1.26. The van der Waals surface area contributed by atoms with Crippen LogP contribution >= 0.6 is 0 Å². The number of hydrogen-bond donors (Lipinski definition) is 0. The van der Waals surface area contributed by atoms with Gasteiger partial charge < -0.3 is 9.64 Å². The Morgan fingerprint density at radius 3 is 2.80 bits per heavy atom. The fourth-order valence-corrected chi connectivity index (χ4v) is 1.49. The van der Waals surface area contributed by atoms with Crippen LogP contribution in [0.2, 0.25) is 0 Å². The first-order valence-electron chi connectivity index (χ1n) is 5.22. The van der Waals surface area contributed by atoms with Crippen molar-refractivity contribution in [2.75, 3.05) is 27.2 Å². The molecule has 0 saturated carbocycles. The zero-order valence-electron chi connectivity index (χ0n) is 9.52. The summed E-state index contributed by atoms with van der Waals surface area (Å²) in [5.41, 5.74) is 0. The number of rotatable bonds is 4. The smallest absolute Gasteiger partial charge is 0.410 e. The first kappa shape index (κ1) is 11.8. The predicted molar refractivity (Wildman–Crippen MR) is 55.4 cm³/mol. The highest BCUT2D eigenvalue weighted by Crippen LogP contribution is 2.11. The Morgan fingerprint density at radius 2 is 2.33 bits per heavy atom. The third-order valence-corrected chi connectivity index (χ3v) is 2.63. The molecule has 1 rings (SSSR count). The summed E-state index contributed by atoms with van der Waals surface area (Å²) in [6.07, 6.45) is 1.61. The molecule has 1 fully saturated rings. The third kappa shape index (κ3) is 2.61. The highest BCUT2D eigenvalue weighted by molar-refractivity contribution is 5.87. The zero-order chi connectivity index (χ0) is 11.4. The lowest BCUT2D eigenvalue weighted by Gasteiger charge is -2.22. The summed E-state index contributed by atoms with van der Waals surface area (Å²) >= 11 is 0. The van der Waals surface area contributed by atoms with Gasteiger partial charge in [0.15, 0.2) is 0 Å². The predicted octanol–water partition coefficient (Wildman–Crippen LogP) is 0.696. The molecule has 0 spiro atoms. The lowest BCUT2D eigenvalue weighted by atomic mass is 10.2. The first-order chi connectivity index (χ1) is 7.07. The summed E-state index contributed by atoms with van der Waals surface area (Å²) in [6, 6.07) is -0.445. The van der Waals surface area contributed by atoms with E-state index < -0.39 is 12.1 Å². The average Bonchev–Trinajstić information content (AvgIpc) is 2.55. The van der Waals surface area contributed by atoms with Gasteiger partial charge in [-0.25, -0.2) is 4.79 Å². The largest absolute Gasteiger partial charge is 0.447 e. The molecule has 0 aromatic heterocycles. The van der Waals surface area contributed by atoms with E-state index in [2.05, 4.69) is 6.92 Å². The second-order valence-corrected chi connectivity index (χ2v) is 3.82. The van der Waals surface area contributed by atoms with Crippen LogP contribution in [0.15, 0.2) is 0 Å². The number of cyclic esters (lactones) is 1. The van der Waals surface area contributed by atoms with Gasteiger partial charge in [-0.3, -0.25) is 9.69 Å². The van der Waals surface area contributed by atoms with Gasteiger partial charge in [0, 0.05) is 20.6 Å². The van der Waals surface area contributed by atoms with Crippen LogP contribution in [0, 0.1) is 0 Å². The van der Waals surface area contributed by atoms with Gasteiger partial charge in [0.2, 0.25) is 5.91 Å². The molecule has 5 heteroatoms. The monoisotopic (exact) mass is 214 g/mol. The maximum absolute atomic E-state index is 11.9. The van der Waals surface area contributed by atoms with Crippen LogP contribution in [0.3, 0.4) is 0 Å². The molecule has 1 atom stereocenters. The molecule has 0 N–H and O–H groups in total. The number of carbonyl (C=O) groups is 2. The molecule has 1 aliphatic rings. The Morgan fingerprint density at radius 1 is 1.67 bits per heavy atom. The molecule has 1 aliphatic heterocycles. The minimum Gasteiger partial charge on any atom is -0.447 e. The van der Waals surface area contributed by atoms with E-state index in [0.29, 0.717) is 0 Å². The van der Waals surface area contributed by atoms with Crippen molar-refractivity contribution in [3.8, 4) is 0 Å². The van der Waals surface area contributed by atoms with E-state index in [0.717, 1.165) is 19.4 Å². The molecule has 0 bridgehead atoms. The Kier molecular flexibility index (Phi) is 3.94. The van der Waals surface area contributed by atoms with Crippen molar-refractivity contribution in [3.05, 3.63) is 0 Å². The number of ether oxygens (including phenoxy) is 1. The van der Waals surface area contributed by atoms with Crippen molar-refractivity contribution in [2.24, 2.45) is 0 Å². The molecule has 2 amide bonds. The second kappa shape index (κ2) is 5.00. The van der Waals surface area contributed by atoms with E-state index in [1.807, 2.05) is 0 Å². The molecular weight excluding hydrogens is 196 g/mol. The van der Waals surface area contributed by atoms with Gasteiger partial charge >= 0.3 is 6.09 Å². The van der Waals surface area contributed by atoms with E-state index in [1.165, 1.54) is 4.90 Å². The molecule has 0 aromatic rings. The molecule has 0 radical (unpaired) electrons. The van der Waals surface area contributed by atoms with Crippen LogP contribution in [0.25, 0.3) is 0 Å². The number of nitrogens with zero attached hydrogens (tertiary/aromatic N) is 2. The number of unbranched alkanes of at least 4 members (excludes halogenated alkanes) is 1. The van der Waals surface area contributed by atoms with Crippen LogP contribution < -0.4 is 0 Å². The maximum Gasteiger partial charge on any atom is 0.410 e. The summed E-state index contributed by atoms with van der Waals surface area (Å²) in [5, 5.41) is 0. The normalized spacial score (nSPS) is 20.3. The quantitative estimate of drug-likeness (QED) is 0.692. The van der Waals surface area contributed by atoms with Crippen molar-refractivity contribution >= 4 is 12.0 Å². The first-order valence-corrected chi connectivity index (χ1v) is 5.22. The van der Waals surface area contributed by atoms with Crippen LogP contribution in [-0.4, -0.2) is 55.1 Å². The van der Waals surface area contributed by atoms with Crippen LogP contribution in [0.4, 0.5) is 4.79 Å². The number of hydrogen-bond acceptors (Lipinski definition) is 3. The molecule has 86 valence electrons. The third-order valence-electron chi connectivity index (χ3n) is 2.63. The van der Waals surface area contributed by atoms with Crippen LogP contribution in [0.5, 0.6) is 0 Å². The molecule has 1 unspecified atom stereocenters. The molecule has 1 saturated heterocycles. The highest BCUT2D eigenvalue weighted by atomic mass is 16.6. The van der Waals surface area contributed by atoms with E-state index in [9.17, 15) is 9.59 Å². The molecule has 15 heavy (non-hydrogen) atoms. The van der Waals surface area contributed by atoms with Crippen LogP contribution in [0.1, 0.15) is 19.8 Å². The molecule has 0 aliphatic carbocycles. The number of likely N-dealkylation sites (N-methyl/N-ethyl adjacent to an activating group) is 2. The fraction of sp³-hybridized carbons (Fsp3) is 0.800. The van der Waals surface area contributed by atoms with Gasteiger partial charge in [-0.15, -0.1) is 0 Å². The molecule has 1 heterocycles. The van der Waals surface area contributed by atoms with Gasteiger partial charge in [0.25, 0.3) is 0 Å². The Balaban J connectivity index is 2.49. The topological polar surface area (TPSA) is 49.9 Å². The lowest BCUT2D eigenvalue weighted by molar-refractivity contribution is -0.133. The summed E-state index contributed by atoms with van der Waals surface area (Å²) in [5.74, 6) is -0.0446. The molecular formula is C10H18N2O3. The summed E-state index contributed by atoms with van der Waals surface area (Å²) in [6.45, 7) is 2.98. The van der Waals surface area contributed by atoms with Gasteiger partial charge in [0.1, 0.15) is 12.6 Å². The van der Waals surface area contributed by atoms with Crippen molar-refractivity contribution in [2.45, 2.75) is 25.8 Å². The lowest BCUT2D eigenvalue weighted by Crippen LogP contribution is -2.44. The van der Waals surface area contributed by atoms with E-state index in [1.54, 1.807) is 19.0 Å². The second-order valence-electron chi connectivity index (χ2n) is 3.82. The van der Waals surface area contributed by atoms with Crippen LogP contribution in [-0.2, 0) is 9.53 Å². The summed E-state index contributed by atoms with van der Waals surface area (Å²) < 4.78 is 4.79. The van der Waals surface area contributed by atoms with E-state index in [-0.39, 0.29) is 12.5 Å². The Bertz CT molecular complexity index is 255. The maximum atomic E-state index is 11.9. The highest BCUT2D eigenvalue weighted by Gasteiger charge is 2.36. The standard InChI is InChI=1S/C10H18N2O3/c1-4-5-6-11(2)9(13)8-7-15-10(14)12(8)3/h8H,4-7H2,1-3H3. The molecule has 5 nitrogen and oxygen atoms in total. The zero-order valence-corrected chi connectivity index (χ0v) is 9.52. The average molecular weight is 214 g/mol. The SMILES string of the molecule is CCCCN(C)C(=O)C1COC(=O)N1C. The summed E-state index contributed by atoms with van der Waals surface area (Å²) in [7, 11) is 3.35. The van der Waals surface area contributed by atoms with E-state index in [4.69, 9.17) is 4.74 Å². The van der Waals surface area contributed by atoms with Gasteiger partial charge in [0.05, 0.1) is 0 Å². The van der Waals surface area contributed by atoms with Crippen molar-refractivity contribution in [1.29, 1.82) is 0 Å². The summed E-state index contributed by atoms with van der Waals surface area (Å²) in [4.78, 5) is 25.9. The number of amides is 2. The fourth-order valence-electron chi connectivity index (χ4n) is 1.49. The number of carbonyl (C=O) groups excluding carboxylic acids is 2. The minimum absolute atomic E-state index is 0.0446. The molecule has 0 aromatic carbocycles. The van der Waals surface area contributed by atoms with Gasteiger partial charge in [-0.1, -0.05) is 13.3 Å². The Labute approximate surface area is 90.0 Å². The minimum atomic E-state index is -0.445. The van der Waals surface area contributed by atoms with Gasteiger partial charge in [-0.05, 0) is 6.42 Å². The van der Waals surface area contributed by atoms with Crippen molar-refractivity contribution < 1.29 is 14.3 Å². The van der Waals surface area contributed by atoms with Gasteiger partial charge in [-0.2, -0.15) is 0 Å². The van der Waals surface area contributed by atoms with Crippen molar-refractivity contribution in [1.82, 2.24) is 9.80 Å². The van der Waals surface area contributed by atoms with E-state index >= 15 is 0 Å². The van der Waals surface area contributed by atoms with Crippen molar-refractivity contribution in [3.63, 3.8) is 0 Å².